The molecule has 8 heavy (non-hydrogen) atoms. The maximum absolute atomic E-state index is 4.83. The standard InChI is InChI=1S/C3H7O4P/c1-4-2-5-8-6-3-7-8/h2-3H2,1H3. The van der Waals surface area contributed by atoms with Crippen LogP contribution in [-0.4, -0.2) is 20.7 Å². The van der Waals surface area contributed by atoms with E-state index in [2.05, 4.69) is 4.74 Å². The smallest absolute Gasteiger partial charge is 0.339 e. The summed E-state index contributed by atoms with van der Waals surface area (Å²) < 4.78 is 19.0. The Hall–Kier alpha value is 0.270. The monoisotopic (exact) mass is 138 g/mol. The van der Waals surface area contributed by atoms with E-state index in [9.17, 15) is 0 Å². The van der Waals surface area contributed by atoms with Gasteiger partial charge in [-0.3, -0.25) is 13.6 Å². The summed E-state index contributed by atoms with van der Waals surface area (Å²) in [6.07, 6.45) is 0. The predicted octanol–water partition coefficient (Wildman–Crippen LogP) is 0.838. The van der Waals surface area contributed by atoms with Crippen LogP contribution < -0.4 is 0 Å². The highest BCUT2D eigenvalue weighted by molar-refractivity contribution is 7.42. The Kier molecular flexibility index (Phi) is 2.66. The van der Waals surface area contributed by atoms with Crippen molar-refractivity contribution in [2.45, 2.75) is 0 Å². The molecule has 0 atom stereocenters. The Morgan fingerprint density at radius 2 is 2.38 bits per heavy atom. The second kappa shape index (κ2) is 3.33. The van der Waals surface area contributed by atoms with E-state index in [-0.39, 0.29) is 6.79 Å². The van der Waals surface area contributed by atoms with Crippen molar-refractivity contribution in [3.05, 3.63) is 0 Å². The van der Waals surface area contributed by atoms with Gasteiger partial charge in [0.2, 0.25) is 0 Å². The van der Waals surface area contributed by atoms with Crippen LogP contribution in [0.25, 0.3) is 0 Å². The highest BCUT2D eigenvalue weighted by Gasteiger charge is 2.21. The molecule has 0 spiro atoms. The summed E-state index contributed by atoms with van der Waals surface area (Å²) in [4.78, 5) is 0. The van der Waals surface area contributed by atoms with E-state index in [1.807, 2.05) is 0 Å². The van der Waals surface area contributed by atoms with Crippen molar-refractivity contribution in [2.24, 2.45) is 0 Å². The fourth-order valence-corrected chi connectivity index (χ4v) is 0.798. The van der Waals surface area contributed by atoms with Gasteiger partial charge in [-0.25, -0.2) is 0 Å². The van der Waals surface area contributed by atoms with Crippen LogP contribution in [-0.2, 0) is 18.3 Å². The highest BCUT2D eigenvalue weighted by atomic mass is 31.2. The normalized spacial score (nSPS) is 20.6. The van der Waals surface area contributed by atoms with Crippen LogP contribution >= 0.6 is 8.60 Å². The van der Waals surface area contributed by atoms with E-state index < -0.39 is 8.60 Å². The van der Waals surface area contributed by atoms with E-state index >= 15 is 0 Å². The number of hydrogen-bond acceptors (Lipinski definition) is 4. The van der Waals surface area contributed by atoms with Gasteiger partial charge in [0.1, 0.15) is 0 Å². The molecule has 0 radical (unpaired) electrons. The van der Waals surface area contributed by atoms with Gasteiger partial charge in [-0.15, -0.1) is 0 Å². The number of hydrogen-bond donors (Lipinski definition) is 0. The quantitative estimate of drug-likeness (QED) is 0.427. The third-order valence-corrected chi connectivity index (χ3v) is 1.54. The third-order valence-electron chi connectivity index (χ3n) is 0.592. The van der Waals surface area contributed by atoms with Crippen LogP contribution in [0.2, 0.25) is 0 Å². The molecule has 48 valence electrons. The molecule has 1 rings (SSSR count). The van der Waals surface area contributed by atoms with E-state index in [0.717, 1.165) is 0 Å². The average Bonchev–Trinajstić information content (AvgIpc) is 1.63. The van der Waals surface area contributed by atoms with Gasteiger partial charge < -0.3 is 4.74 Å². The van der Waals surface area contributed by atoms with Gasteiger partial charge in [0.15, 0.2) is 13.6 Å². The summed E-state index contributed by atoms with van der Waals surface area (Å²) in [6.45, 7) is 0.598. The third kappa shape index (κ3) is 1.65. The molecule has 0 aliphatic carbocycles. The van der Waals surface area contributed by atoms with Crippen molar-refractivity contribution in [1.29, 1.82) is 0 Å². The summed E-state index contributed by atoms with van der Waals surface area (Å²) in [5, 5.41) is 0. The zero-order valence-electron chi connectivity index (χ0n) is 4.49. The van der Waals surface area contributed by atoms with Crippen molar-refractivity contribution < 1.29 is 18.3 Å². The molecule has 1 saturated heterocycles. The van der Waals surface area contributed by atoms with Gasteiger partial charge in [0, 0.05) is 7.11 Å². The summed E-state index contributed by atoms with van der Waals surface area (Å²) >= 11 is 0. The maximum atomic E-state index is 4.83. The van der Waals surface area contributed by atoms with Crippen molar-refractivity contribution in [3.8, 4) is 0 Å². The average molecular weight is 138 g/mol. The molecule has 0 saturated carbocycles. The van der Waals surface area contributed by atoms with Crippen LogP contribution in [0.5, 0.6) is 0 Å². The molecule has 0 bridgehead atoms. The van der Waals surface area contributed by atoms with Crippen LogP contribution in [0.15, 0.2) is 0 Å². The van der Waals surface area contributed by atoms with Crippen molar-refractivity contribution in [1.82, 2.24) is 0 Å². The molecule has 1 fully saturated rings. The van der Waals surface area contributed by atoms with E-state index in [1.54, 1.807) is 7.11 Å². The SMILES string of the molecule is COCOP1OCO1. The summed E-state index contributed by atoms with van der Waals surface area (Å²) in [7, 11) is 0.522. The lowest BCUT2D eigenvalue weighted by Gasteiger charge is -2.22. The topological polar surface area (TPSA) is 36.9 Å². The van der Waals surface area contributed by atoms with Crippen molar-refractivity contribution in [2.75, 3.05) is 20.7 Å². The Morgan fingerprint density at radius 1 is 1.62 bits per heavy atom. The molecular formula is C3H7O4P. The van der Waals surface area contributed by atoms with E-state index in [0.29, 0.717) is 6.79 Å². The second-order valence-electron chi connectivity index (χ2n) is 1.14. The highest BCUT2D eigenvalue weighted by Crippen LogP contribution is 2.47. The van der Waals surface area contributed by atoms with Crippen LogP contribution in [0, 0.1) is 0 Å². The van der Waals surface area contributed by atoms with Gasteiger partial charge in [-0.1, -0.05) is 0 Å². The maximum Gasteiger partial charge on any atom is 0.339 e. The molecule has 0 unspecified atom stereocenters. The lowest BCUT2D eigenvalue weighted by Crippen LogP contribution is -2.08. The second-order valence-corrected chi connectivity index (χ2v) is 2.36. The predicted molar refractivity (Wildman–Crippen MR) is 26.9 cm³/mol. The van der Waals surface area contributed by atoms with Crippen molar-refractivity contribution in [3.63, 3.8) is 0 Å². The fraction of sp³-hybridized carbons (Fsp3) is 1.00. The molecule has 0 aromatic heterocycles. The van der Waals surface area contributed by atoms with Crippen LogP contribution in [0.3, 0.4) is 0 Å². The molecule has 1 aliphatic heterocycles. The molecular weight excluding hydrogens is 131 g/mol. The van der Waals surface area contributed by atoms with Gasteiger partial charge in [0.25, 0.3) is 0 Å². The van der Waals surface area contributed by atoms with Gasteiger partial charge >= 0.3 is 8.60 Å². The summed E-state index contributed by atoms with van der Waals surface area (Å²) in [5.41, 5.74) is 0. The van der Waals surface area contributed by atoms with Crippen LogP contribution in [0.1, 0.15) is 0 Å². The first kappa shape index (κ1) is 6.39. The lowest BCUT2D eigenvalue weighted by atomic mass is 11.4. The molecule has 1 heterocycles. The number of rotatable bonds is 3. The Balaban J connectivity index is 1.86. The molecule has 0 aromatic rings. The first-order valence-corrected chi connectivity index (χ1v) is 3.21. The molecule has 0 amide bonds. The molecule has 1 aliphatic rings. The minimum absolute atomic E-state index is 0.242. The minimum atomic E-state index is -1.03. The Morgan fingerprint density at radius 3 is 2.75 bits per heavy atom. The summed E-state index contributed by atoms with van der Waals surface area (Å²) in [5.74, 6) is 0. The number of methoxy groups -OCH3 is 1. The van der Waals surface area contributed by atoms with E-state index in [4.69, 9.17) is 13.6 Å². The van der Waals surface area contributed by atoms with Gasteiger partial charge in [-0.05, 0) is 0 Å². The fourth-order valence-electron chi connectivity index (χ4n) is 0.266. The first-order chi connectivity index (χ1) is 3.93. The minimum Gasteiger partial charge on any atom is -0.358 e. The molecule has 5 heteroatoms. The van der Waals surface area contributed by atoms with Gasteiger partial charge in [-0.2, -0.15) is 0 Å². The Labute approximate surface area is 48.7 Å². The zero-order chi connectivity index (χ0) is 5.82. The van der Waals surface area contributed by atoms with Crippen LogP contribution in [0.4, 0.5) is 0 Å². The Bertz CT molecular complexity index is 64.3. The molecule has 0 N–H and O–H groups in total. The van der Waals surface area contributed by atoms with Gasteiger partial charge in [0.05, 0.1) is 0 Å². The molecule has 4 nitrogen and oxygen atoms in total. The number of ether oxygens (including phenoxy) is 1. The zero-order valence-corrected chi connectivity index (χ0v) is 5.39. The van der Waals surface area contributed by atoms with E-state index in [1.165, 1.54) is 0 Å². The largest absolute Gasteiger partial charge is 0.358 e. The molecule has 0 aromatic carbocycles. The first-order valence-electron chi connectivity index (χ1n) is 2.11. The lowest BCUT2D eigenvalue weighted by molar-refractivity contribution is -0.0438. The van der Waals surface area contributed by atoms with Crippen molar-refractivity contribution >= 4 is 8.60 Å². The summed E-state index contributed by atoms with van der Waals surface area (Å²) in [6, 6.07) is 0.